The number of anilines is 1. The molecule has 2 N–H and O–H groups in total. The first kappa shape index (κ1) is 25.0. The monoisotopic (exact) mass is 541 g/mol. The molecule has 1 fully saturated rings. The third-order valence-electron chi connectivity index (χ3n) is 4.84. The standard InChI is InChI=1S/C22H31N5O3.HI/c1-4-23-22(25-15-17-7-8-19(28-2)20(14-17)29-3)26-16-18-6-5-9-24-21(18)27-10-12-30-13-11-27;/h5-9,14H,4,10-13,15-16H2,1-3H3,(H2,23,25,26);1H. The molecule has 9 heteroatoms. The molecule has 1 aromatic carbocycles. The van der Waals surface area contributed by atoms with Crippen molar-refractivity contribution in [1.29, 1.82) is 0 Å². The molecule has 1 aliphatic heterocycles. The fourth-order valence-electron chi connectivity index (χ4n) is 3.30. The summed E-state index contributed by atoms with van der Waals surface area (Å²) < 4.78 is 16.1. The lowest BCUT2D eigenvalue weighted by molar-refractivity contribution is 0.122. The van der Waals surface area contributed by atoms with Gasteiger partial charge >= 0.3 is 0 Å². The van der Waals surface area contributed by atoms with Crippen molar-refractivity contribution in [3.05, 3.63) is 47.7 Å². The van der Waals surface area contributed by atoms with Gasteiger partial charge in [-0.25, -0.2) is 9.98 Å². The van der Waals surface area contributed by atoms with Crippen LogP contribution in [0.3, 0.4) is 0 Å². The molecule has 1 aliphatic rings. The van der Waals surface area contributed by atoms with Crippen LogP contribution in [-0.2, 0) is 17.8 Å². The van der Waals surface area contributed by atoms with Crippen LogP contribution in [-0.4, -0.2) is 58.0 Å². The van der Waals surface area contributed by atoms with Gasteiger partial charge in [-0.15, -0.1) is 24.0 Å². The average molecular weight is 541 g/mol. The molecule has 1 saturated heterocycles. The molecular weight excluding hydrogens is 509 g/mol. The zero-order chi connectivity index (χ0) is 21.2. The summed E-state index contributed by atoms with van der Waals surface area (Å²) in [7, 11) is 3.27. The maximum Gasteiger partial charge on any atom is 0.191 e. The Morgan fingerprint density at radius 1 is 1.13 bits per heavy atom. The highest BCUT2D eigenvalue weighted by molar-refractivity contribution is 14.0. The van der Waals surface area contributed by atoms with Crippen molar-refractivity contribution in [2.24, 2.45) is 4.99 Å². The van der Waals surface area contributed by atoms with Crippen LogP contribution in [0.4, 0.5) is 5.82 Å². The predicted octanol–water partition coefficient (Wildman–Crippen LogP) is 2.81. The second kappa shape index (κ2) is 13.2. The van der Waals surface area contributed by atoms with E-state index in [2.05, 4.69) is 33.5 Å². The third-order valence-corrected chi connectivity index (χ3v) is 4.84. The van der Waals surface area contributed by atoms with Gasteiger partial charge in [0, 0.05) is 37.9 Å². The van der Waals surface area contributed by atoms with Crippen LogP contribution in [0, 0.1) is 0 Å². The van der Waals surface area contributed by atoms with E-state index in [4.69, 9.17) is 19.2 Å². The molecule has 0 amide bonds. The van der Waals surface area contributed by atoms with Crippen LogP contribution in [0.15, 0.2) is 41.5 Å². The lowest BCUT2D eigenvalue weighted by Crippen LogP contribution is -2.39. The van der Waals surface area contributed by atoms with Crippen LogP contribution in [0.5, 0.6) is 11.5 Å². The Morgan fingerprint density at radius 2 is 1.90 bits per heavy atom. The number of pyridine rings is 1. The maximum atomic E-state index is 5.47. The van der Waals surface area contributed by atoms with E-state index in [1.54, 1.807) is 14.2 Å². The van der Waals surface area contributed by atoms with Gasteiger partial charge in [-0.1, -0.05) is 12.1 Å². The summed E-state index contributed by atoms with van der Waals surface area (Å²) in [5, 5.41) is 6.73. The van der Waals surface area contributed by atoms with Crippen LogP contribution in [0.2, 0.25) is 0 Å². The molecule has 0 unspecified atom stereocenters. The first-order valence-electron chi connectivity index (χ1n) is 10.2. The molecule has 1 aromatic heterocycles. The lowest BCUT2D eigenvalue weighted by Gasteiger charge is -2.29. The molecule has 31 heavy (non-hydrogen) atoms. The van der Waals surface area contributed by atoms with Gasteiger partial charge in [-0.05, 0) is 30.7 Å². The number of halogens is 1. The highest BCUT2D eigenvalue weighted by Crippen LogP contribution is 2.27. The van der Waals surface area contributed by atoms with E-state index in [1.807, 2.05) is 30.5 Å². The van der Waals surface area contributed by atoms with Crippen molar-refractivity contribution < 1.29 is 14.2 Å². The minimum atomic E-state index is 0. The van der Waals surface area contributed by atoms with Crippen molar-refractivity contribution in [3.8, 4) is 11.5 Å². The molecule has 0 radical (unpaired) electrons. The summed E-state index contributed by atoms with van der Waals surface area (Å²) in [6, 6.07) is 9.90. The second-order valence-electron chi connectivity index (χ2n) is 6.82. The quantitative estimate of drug-likeness (QED) is 0.302. The van der Waals surface area contributed by atoms with Crippen LogP contribution in [0.25, 0.3) is 0 Å². The summed E-state index contributed by atoms with van der Waals surface area (Å²) in [4.78, 5) is 11.6. The van der Waals surface area contributed by atoms with Crippen molar-refractivity contribution in [1.82, 2.24) is 15.6 Å². The predicted molar refractivity (Wildman–Crippen MR) is 134 cm³/mol. The molecule has 2 heterocycles. The summed E-state index contributed by atoms with van der Waals surface area (Å²) in [6.07, 6.45) is 1.84. The number of rotatable bonds is 8. The Balaban J connectivity index is 0.00000341. The van der Waals surface area contributed by atoms with E-state index < -0.39 is 0 Å². The summed E-state index contributed by atoms with van der Waals surface area (Å²) >= 11 is 0. The number of hydrogen-bond acceptors (Lipinski definition) is 6. The van der Waals surface area contributed by atoms with Gasteiger partial charge in [0.25, 0.3) is 0 Å². The van der Waals surface area contributed by atoms with Gasteiger partial charge in [0.2, 0.25) is 0 Å². The summed E-state index contributed by atoms with van der Waals surface area (Å²) in [5.41, 5.74) is 2.18. The van der Waals surface area contributed by atoms with Gasteiger partial charge in [-0.2, -0.15) is 0 Å². The zero-order valence-corrected chi connectivity index (χ0v) is 20.7. The van der Waals surface area contributed by atoms with Crippen LogP contribution in [0.1, 0.15) is 18.1 Å². The molecule has 0 aliphatic carbocycles. The number of benzene rings is 1. The normalized spacial score (nSPS) is 13.9. The minimum Gasteiger partial charge on any atom is -0.493 e. The van der Waals surface area contributed by atoms with Crippen molar-refractivity contribution >= 4 is 35.8 Å². The van der Waals surface area contributed by atoms with Gasteiger partial charge < -0.3 is 29.7 Å². The highest BCUT2D eigenvalue weighted by atomic mass is 127. The van der Waals surface area contributed by atoms with Crippen molar-refractivity contribution in [3.63, 3.8) is 0 Å². The number of hydrogen-bond donors (Lipinski definition) is 2. The molecular formula is C22H32IN5O3. The van der Waals surface area contributed by atoms with Gasteiger partial charge in [0.1, 0.15) is 5.82 Å². The third kappa shape index (κ3) is 7.13. The number of methoxy groups -OCH3 is 2. The highest BCUT2D eigenvalue weighted by Gasteiger charge is 2.16. The Bertz CT molecular complexity index is 844. The van der Waals surface area contributed by atoms with Crippen LogP contribution < -0.4 is 25.0 Å². The molecule has 0 saturated carbocycles. The minimum absolute atomic E-state index is 0. The number of nitrogens with one attached hydrogen (secondary N) is 2. The topological polar surface area (TPSA) is 80.2 Å². The molecule has 0 bridgehead atoms. The first-order chi connectivity index (χ1) is 14.7. The Labute approximate surface area is 201 Å². The molecule has 8 nitrogen and oxygen atoms in total. The second-order valence-corrected chi connectivity index (χ2v) is 6.82. The van der Waals surface area contributed by atoms with E-state index in [1.165, 1.54) is 0 Å². The molecule has 2 aromatic rings. The van der Waals surface area contributed by atoms with E-state index in [9.17, 15) is 0 Å². The molecule has 0 spiro atoms. The zero-order valence-electron chi connectivity index (χ0n) is 18.4. The van der Waals surface area contributed by atoms with E-state index in [0.717, 1.165) is 55.8 Å². The Kier molecular flexibility index (Phi) is 10.6. The van der Waals surface area contributed by atoms with Gasteiger partial charge in [0.05, 0.1) is 34.0 Å². The Hall–Kier alpha value is -2.27. The molecule has 170 valence electrons. The average Bonchev–Trinajstić information content (AvgIpc) is 2.81. The number of nitrogens with zero attached hydrogens (tertiary/aromatic N) is 3. The van der Waals surface area contributed by atoms with Crippen molar-refractivity contribution in [2.45, 2.75) is 20.0 Å². The first-order valence-corrected chi connectivity index (χ1v) is 10.2. The van der Waals surface area contributed by atoms with E-state index in [-0.39, 0.29) is 24.0 Å². The van der Waals surface area contributed by atoms with Gasteiger partial charge in [-0.3, -0.25) is 0 Å². The summed E-state index contributed by atoms with van der Waals surface area (Å²) in [6.45, 7) is 7.18. The van der Waals surface area contributed by atoms with Gasteiger partial charge in [0.15, 0.2) is 17.5 Å². The molecule has 0 atom stereocenters. The van der Waals surface area contributed by atoms with E-state index in [0.29, 0.717) is 24.6 Å². The number of aliphatic imine (C=N–C) groups is 1. The smallest absolute Gasteiger partial charge is 0.191 e. The number of guanidine groups is 1. The number of ether oxygens (including phenoxy) is 3. The van der Waals surface area contributed by atoms with Crippen molar-refractivity contribution in [2.75, 3.05) is 52.0 Å². The number of aromatic nitrogens is 1. The molecule has 3 rings (SSSR count). The largest absolute Gasteiger partial charge is 0.493 e. The van der Waals surface area contributed by atoms with Crippen LogP contribution >= 0.6 is 24.0 Å². The number of morpholine rings is 1. The fourth-order valence-corrected chi connectivity index (χ4v) is 3.30. The SMILES string of the molecule is CCNC(=NCc1ccc(OC)c(OC)c1)NCc1cccnc1N1CCOCC1.I. The summed E-state index contributed by atoms with van der Waals surface area (Å²) in [5.74, 6) is 3.17. The fraction of sp³-hybridized carbons (Fsp3) is 0.455. The lowest BCUT2D eigenvalue weighted by atomic mass is 10.2. The maximum absolute atomic E-state index is 5.47. The Morgan fingerprint density at radius 3 is 2.61 bits per heavy atom. The van der Waals surface area contributed by atoms with E-state index >= 15 is 0 Å².